The Morgan fingerprint density at radius 1 is 1.20 bits per heavy atom. The second-order valence-corrected chi connectivity index (χ2v) is 3.30. The fourth-order valence-corrected chi connectivity index (χ4v) is 0.938. The highest BCUT2D eigenvalue weighted by molar-refractivity contribution is 5.86. The van der Waals surface area contributed by atoms with Crippen LogP contribution in [0, 0.1) is 0 Å². The Balaban J connectivity index is 3.29. The molecule has 0 bridgehead atoms. The summed E-state index contributed by atoms with van der Waals surface area (Å²) in [6, 6.07) is 0. The van der Waals surface area contributed by atoms with Crippen LogP contribution in [0.1, 0.15) is 32.6 Å². The molecule has 0 saturated carbocycles. The van der Waals surface area contributed by atoms with Crippen LogP contribution in [0.5, 0.6) is 0 Å². The van der Waals surface area contributed by atoms with Gasteiger partial charge in [0, 0.05) is 12.0 Å². The first-order valence-electron chi connectivity index (χ1n) is 4.97. The van der Waals surface area contributed by atoms with E-state index in [1.165, 1.54) is 7.11 Å². The standard InChI is InChI=1S/C11H18O4/c1-9(2)11(13)15-8-6-4-5-7-10(12)14-3/h1,4-8H2,2-3H3. The Morgan fingerprint density at radius 2 is 1.87 bits per heavy atom. The highest BCUT2D eigenvalue weighted by atomic mass is 16.5. The normalized spacial score (nSPS) is 9.47. The number of esters is 2. The van der Waals surface area contributed by atoms with Crippen molar-refractivity contribution in [3.8, 4) is 0 Å². The van der Waals surface area contributed by atoms with Gasteiger partial charge in [-0.1, -0.05) is 6.58 Å². The zero-order valence-corrected chi connectivity index (χ0v) is 9.38. The summed E-state index contributed by atoms with van der Waals surface area (Å²) in [4.78, 5) is 21.7. The fraction of sp³-hybridized carbons (Fsp3) is 0.636. The summed E-state index contributed by atoms with van der Waals surface area (Å²) in [5.41, 5.74) is 0.407. The Morgan fingerprint density at radius 3 is 2.40 bits per heavy atom. The summed E-state index contributed by atoms with van der Waals surface area (Å²) in [5.74, 6) is -0.558. The Labute approximate surface area is 90.2 Å². The number of methoxy groups -OCH3 is 1. The van der Waals surface area contributed by atoms with Crippen LogP contribution in [0.4, 0.5) is 0 Å². The molecule has 0 atom stereocenters. The number of rotatable bonds is 7. The second kappa shape index (κ2) is 8.03. The van der Waals surface area contributed by atoms with Crippen LogP contribution in [-0.4, -0.2) is 25.7 Å². The molecular weight excluding hydrogens is 196 g/mol. The summed E-state index contributed by atoms with van der Waals surface area (Å²) in [6.07, 6.45) is 2.79. The third-order valence-electron chi connectivity index (χ3n) is 1.83. The Bertz CT molecular complexity index is 233. The average molecular weight is 214 g/mol. The van der Waals surface area contributed by atoms with Crippen LogP contribution in [-0.2, 0) is 19.1 Å². The third kappa shape index (κ3) is 7.73. The molecule has 0 radical (unpaired) electrons. The minimum Gasteiger partial charge on any atom is -0.469 e. The van der Waals surface area contributed by atoms with Gasteiger partial charge < -0.3 is 9.47 Å². The topological polar surface area (TPSA) is 52.6 Å². The molecule has 4 nitrogen and oxygen atoms in total. The molecule has 0 aliphatic carbocycles. The summed E-state index contributed by atoms with van der Waals surface area (Å²) < 4.78 is 9.37. The van der Waals surface area contributed by atoms with Gasteiger partial charge in [-0.15, -0.1) is 0 Å². The van der Waals surface area contributed by atoms with Gasteiger partial charge in [0.15, 0.2) is 0 Å². The predicted molar refractivity (Wildman–Crippen MR) is 56.3 cm³/mol. The van der Waals surface area contributed by atoms with Gasteiger partial charge in [0.05, 0.1) is 13.7 Å². The fourth-order valence-electron chi connectivity index (χ4n) is 0.938. The number of ether oxygens (including phenoxy) is 2. The van der Waals surface area contributed by atoms with Crippen molar-refractivity contribution in [2.24, 2.45) is 0 Å². The van der Waals surface area contributed by atoms with E-state index in [9.17, 15) is 9.59 Å². The lowest BCUT2D eigenvalue weighted by atomic mass is 10.2. The molecule has 0 unspecified atom stereocenters. The Hall–Kier alpha value is -1.32. The van der Waals surface area contributed by atoms with Crippen molar-refractivity contribution in [3.05, 3.63) is 12.2 Å². The molecule has 0 aliphatic rings. The molecular formula is C11H18O4. The maximum absolute atomic E-state index is 10.9. The average Bonchev–Trinajstić information content (AvgIpc) is 2.22. The van der Waals surface area contributed by atoms with Gasteiger partial charge in [0.1, 0.15) is 0 Å². The third-order valence-corrected chi connectivity index (χ3v) is 1.83. The summed E-state index contributed by atoms with van der Waals surface area (Å²) >= 11 is 0. The minimum absolute atomic E-state index is 0.200. The zero-order chi connectivity index (χ0) is 11.7. The van der Waals surface area contributed by atoms with E-state index in [1.54, 1.807) is 6.92 Å². The van der Waals surface area contributed by atoms with Gasteiger partial charge in [-0.25, -0.2) is 4.79 Å². The molecule has 15 heavy (non-hydrogen) atoms. The van der Waals surface area contributed by atoms with E-state index in [1.807, 2.05) is 0 Å². The highest BCUT2D eigenvalue weighted by Crippen LogP contribution is 2.02. The highest BCUT2D eigenvalue weighted by Gasteiger charge is 2.02. The largest absolute Gasteiger partial charge is 0.469 e. The van der Waals surface area contributed by atoms with E-state index in [0.29, 0.717) is 18.6 Å². The van der Waals surface area contributed by atoms with Crippen LogP contribution in [0.25, 0.3) is 0 Å². The first kappa shape index (κ1) is 13.7. The summed E-state index contributed by atoms with van der Waals surface area (Å²) in [6.45, 7) is 5.46. The van der Waals surface area contributed by atoms with Gasteiger partial charge in [-0.3, -0.25) is 4.79 Å². The lowest BCUT2D eigenvalue weighted by molar-refractivity contribution is -0.141. The van der Waals surface area contributed by atoms with Crippen molar-refractivity contribution >= 4 is 11.9 Å². The number of hydrogen-bond acceptors (Lipinski definition) is 4. The van der Waals surface area contributed by atoms with Gasteiger partial charge >= 0.3 is 11.9 Å². The molecule has 0 amide bonds. The molecule has 0 N–H and O–H groups in total. The first-order valence-corrected chi connectivity index (χ1v) is 4.97. The quantitative estimate of drug-likeness (QED) is 0.368. The molecule has 0 spiro atoms. The van der Waals surface area contributed by atoms with Gasteiger partial charge in [0.25, 0.3) is 0 Å². The predicted octanol–water partition coefficient (Wildman–Crippen LogP) is 1.84. The van der Waals surface area contributed by atoms with Crippen molar-refractivity contribution in [3.63, 3.8) is 0 Å². The van der Waals surface area contributed by atoms with Crippen molar-refractivity contribution in [1.82, 2.24) is 0 Å². The molecule has 0 rings (SSSR count). The maximum Gasteiger partial charge on any atom is 0.333 e. The summed E-state index contributed by atoms with van der Waals surface area (Å²) in [7, 11) is 1.37. The number of carbonyl (C=O) groups is 2. The molecule has 0 aromatic carbocycles. The van der Waals surface area contributed by atoms with E-state index in [0.717, 1.165) is 19.3 Å². The summed E-state index contributed by atoms with van der Waals surface area (Å²) in [5, 5.41) is 0. The van der Waals surface area contributed by atoms with Crippen LogP contribution in [0.2, 0.25) is 0 Å². The van der Waals surface area contributed by atoms with Crippen molar-refractivity contribution in [2.45, 2.75) is 32.6 Å². The second-order valence-electron chi connectivity index (χ2n) is 3.30. The number of hydrogen-bond donors (Lipinski definition) is 0. The lowest BCUT2D eigenvalue weighted by Crippen LogP contribution is -2.06. The van der Waals surface area contributed by atoms with Gasteiger partial charge in [0.2, 0.25) is 0 Å². The molecule has 0 aromatic rings. The first-order chi connectivity index (χ1) is 7.07. The van der Waals surface area contributed by atoms with E-state index in [4.69, 9.17) is 4.74 Å². The van der Waals surface area contributed by atoms with E-state index in [-0.39, 0.29) is 11.9 Å². The van der Waals surface area contributed by atoms with Crippen molar-refractivity contribution < 1.29 is 19.1 Å². The molecule has 0 saturated heterocycles. The van der Waals surface area contributed by atoms with Crippen LogP contribution in [0.3, 0.4) is 0 Å². The van der Waals surface area contributed by atoms with Gasteiger partial charge in [-0.05, 0) is 26.2 Å². The maximum atomic E-state index is 10.9. The number of unbranched alkanes of at least 4 members (excludes halogenated alkanes) is 2. The Kier molecular flexibility index (Phi) is 7.32. The van der Waals surface area contributed by atoms with Crippen molar-refractivity contribution in [2.75, 3.05) is 13.7 Å². The number of carbonyl (C=O) groups excluding carboxylic acids is 2. The van der Waals surface area contributed by atoms with Crippen LogP contribution < -0.4 is 0 Å². The molecule has 0 aromatic heterocycles. The molecule has 4 heteroatoms. The molecule has 86 valence electrons. The molecule has 0 fully saturated rings. The van der Waals surface area contributed by atoms with E-state index < -0.39 is 0 Å². The minimum atomic E-state index is -0.358. The lowest BCUT2D eigenvalue weighted by Gasteiger charge is -2.03. The van der Waals surface area contributed by atoms with Crippen molar-refractivity contribution in [1.29, 1.82) is 0 Å². The molecule has 0 heterocycles. The van der Waals surface area contributed by atoms with Gasteiger partial charge in [-0.2, -0.15) is 0 Å². The SMILES string of the molecule is C=C(C)C(=O)OCCCCCC(=O)OC. The molecule has 0 aliphatic heterocycles. The van der Waals surface area contributed by atoms with Crippen LogP contribution in [0.15, 0.2) is 12.2 Å². The van der Waals surface area contributed by atoms with Crippen LogP contribution >= 0.6 is 0 Å². The smallest absolute Gasteiger partial charge is 0.333 e. The monoisotopic (exact) mass is 214 g/mol. The van der Waals surface area contributed by atoms with E-state index >= 15 is 0 Å². The van der Waals surface area contributed by atoms with E-state index in [2.05, 4.69) is 11.3 Å². The zero-order valence-electron chi connectivity index (χ0n) is 9.38.